The fourth-order valence-electron chi connectivity index (χ4n) is 2.15. The number of benzene rings is 1. The average Bonchev–Trinajstić information content (AvgIpc) is 2.91. The number of halogens is 1. The highest BCUT2D eigenvalue weighted by Gasteiger charge is 2.26. The van der Waals surface area contributed by atoms with Crippen molar-refractivity contribution in [3.63, 3.8) is 0 Å². The first-order valence-electron chi connectivity index (χ1n) is 6.27. The topological polar surface area (TPSA) is 78.5 Å². The van der Waals surface area contributed by atoms with Gasteiger partial charge in [-0.15, -0.1) is 0 Å². The van der Waals surface area contributed by atoms with Gasteiger partial charge in [0.25, 0.3) is 0 Å². The van der Waals surface area contributed by atoms with E-state index in [0.29, 0.717) is 17.9 Å². The molecule has 0 amide bonds. The lowest BCUT2D eigenvalue weighted by Gasteiger charge is -2.24. The van der Waals surface area contributed by atoms with E-state index in [9.17, 15) is 14.3 Å². The number of nitrogens with one attached hydrogen (secondary N) is 1. The maximum Gasteiger partial charge on any atom is 0.325 e. The first-order chi connectivity index (χ1) is 10.0. The fraction of sp³-hybridized carbons (Fsp3) is 0.286. The number of aliphatic carboxylic acids is 1. The molecule has 1 aromatic heterocycles. The van der Waals surface area contributed by atoms with Gasteiger partial charge >= 0.3 is 5.97 Å². The molecule has 7 heteroatoms. The summed E-state index contributed by atoms with van der Waals surface area (Å²) >= 11 is 0. The van der Waals surface area contributed by atoms with E-state index < -0.39 is 17.8 Å². The summed E-state index contributed by atoms with van der Waals surface area (Å²) in [5.74, 6) is -0.935. The molecule has 0 saturated heterocycles. The van der Waals surface area contributed by atoms with Crippen molar-refractivity contribution in [1.29, 1.82) is 0 Å². The molecule has 1 aromatic carbocycles. The van der Waals surface area contributed by atoms with Gasteiger partial charge in [0.2, 0.25) is 0 Å². The molecule has 0 saturated carbocycles. The zero-order valence-electron chi connectivity index (χ0n) is 11.7. The van der Waals surface area contributed by atoms with E-state index in [0.717, 1.165) is 0 Å². The quantitative estimate of drug-likeness (QED) is 0.849. The van der Waals surface area contributed by atoms with Crippen LogP contribution in [0.4, 0.5) is 4.39 Å². The van der Waals surface area contributed by atoms with Crippen LogP contribution in [0.5, 0.6) is 5.75 Å². The second-order valence-electron chi connectivity index (χ2n) is 4.59. The number of likely N-dealkylation sites (N-methyl/N-ethyl adjacent to an activating group) is 1. The van der Waals surface area contributed by atoms with Crippen LogP contribution in [0, 0.1) is 5.82 Å². The molecule has 2 rings (SSSR count). The van der Waals surface area contributed by atoms with Gasteiger partial charge in [-0.1, -0.05) is 6.07 Å². The highest BCUT2D eigenvalue weighted by atomic mass is 19.1. The standard InChI is InChI=1S/C14H16FN3O3/c1-18(8-12-16-5-6-17-12)13(14(19)20)9-3-4-11(21-2)10(15)7-9/h3-7,13H,8H2,1-2H3,(H,16,17)(H,19,20)/t13-/m1/s1. The number of imidazole rings is 1. The number of carbonyl (C=O) groups is 1. The van der Waals surface area contributed by atoms with Gasteiger partial charge in [0.05, 0.1) is 13.7 Å². The van der Waals surface area contributed by atoms with Crippen LogP contribution in [0.2, 0.25) is 0 Å². The summed E-state index contributed by atoms with van der Waals surface area (Å²) in [7, 11) is 3.00. The Morgan fingerprint density at radius 2 is 2.33 bits per heavy atom. The molecule has 0 fully saturated rings. The molecule has 1 atom stereocenters. The molecule has 0 unspecified atom stereocenters. The molecule has 0 bridgehead atoms. The smallest absolute Gasteiger partial charge is 0.325 e. The van der Waals surface area contributed by atoms with Crippen LogP contribution in [0.3, 0.4) is 0 Å². The average molecular weight is 293 g/mol. The van der Waals surface area contributed by atoms with Crippen LogP contribution in [0.25, 0.3) is 0 Å². The van der Waals surface area contributed by atoms with Crippen molar-refractivity contribution in [3.8, 4) is 5.75 Å². The van der Waals surface area contributed by atoms with Crippen LogP contribution >= 0.6 is 0 Å². The minimum Gasteiger partial charge on any atom is -0.494 e. The van der Waals surface area contributed by atoms with E-state index in [-0.39, 0.29) is 5.75 Å². The number of carboxylic acids is 1. The zero-order chi connectivity index (χ0) is 15.4. The molecular formula is C14H16FN3O3. The molecule has 2 aromatic rings. The molecule has 0 aliphatic rings. The Morgan fingerprint density at radius 3 is 2.86 bits per heavy atom. The third-order valence-electron chi connectivity index (χ3n) is 3.12. The van der Waals surface area contributed by atoms with Gasteiger partial charge in [0, 0.05) is 12.4 Å². The van der Waals surface area contributed by atoms with Crippen molar-refractivity contribution in [1.82, 2.24) is 14.9 Å². The third-order valence-corrected chi connectivity index (χ3v) is 3.12. The molecule has 0 aliphatic carbocycles. The molecule has 2 N–H and O–H groups in total. The predicted octanol–water partition coefficient (Wildman–Crippen LogP) is 1.82. The van der Waals surface area contributed by atoms with E-state index >= 15 is 0 Å². The molecule has 0 spiro atoms. The van der Waals surface area contributed by atoms with E-state index in [2.05, 4.69) is 9.97 Å². The summed E-state index contributed by atoms with van der Waals surface area (Å²) in [6.07, 6.45) is 3.25. The molecule has 0 radical (unpaired) electrons. The molecular weight excluding hydrogens is 277 g/mol. The maximum atomic E-state index is 13.8. The van der Waals surface area contributed by atoms with Crippen molar-refractivity contribution in [3.05, 3.63) is 47.8 Å². The van der Waals surface area contributed by atoms with E-state index in [4.69, 9.17) is 4.74 Å². The van der Waals surface area contributed by atoms with Crippen molar-refractivity contribution >= 4 is 5.97 Å². The minimum atomic E-state index is -1.06. The number of aromatic nitrogens is 2. The fourth-order valence-corrected chi connectivity index (χ4v) is 2.15. The number of hydrogen-bond acceptors (Lipinski definition) is 4. The molecule has 0 aliphatic heterocycles. The first kappa shape index (κ1) is 15.0. The van der Waals surface area contributed by atoms with E-state index in [1.807, 2.05) is 0 Å². The monoisotopic (exact) mass is 293 g/mol. The van der Waals surface area contributed by atoms with Crippen molar-refractivity contribution in [2.24, 2.45) is 0 Å². The summed E-state index contributed by atoms with van der Waals surface area (Å²) in [4.78, 5) is 20.0. The normalized spacial score (nSPS) is 12.4. The highest BCUT2D eigenvalue weighted by molar-refractivity contribution is 5.75. The van der Waals surface area contributed by atoms with Gasteiger partial charge in [0.1, 0.15) is 11.9 Å². The molecule has 112 valence electrons. The van der Waals surface area contributed by atoms with Crippen LogP contribution in [-0.4, -0.2) is 40.1 Å². The van der Waals surface area contributed by atoms with Crippen LogP contribution in [0.15, 0.2) is 30.6 Å². The van der Waals surface area contributed by atoms with E-state index in [1.165, 1.54) is 19.2 Å². The Kier molecular flexibility index (Phi) is 4.54. The Hall–Kier alpha value is -2.41. The largest absolute Gasteiger partial charge is 0.494 e. The summed E-state index contributed by atoms with van der Waals surface area (Å²) in [6, 6.07) is 3.16. The van der Waals surface area contributed by atoms with Gasteiger partial charge < -0.3 is 14.8 Å². The van der Waals surface area contributed by atoms with E-state index in [1.54, 1.807) is 30.4 Å². The first-order valence-corrected chi connectivity index (χ1v) is 6.27. The lowest BCUT2D eigenvalue weighted by Crippen LogP contribution is -2.31. The van der Waals surface area contributed by atoms with Crippen molar-refractivity contribution < 1.29 is 19.0 Å². The molecule has 21 heavy (non-hydrogen) atoms. The number of nitrogens with zero attached hydrogens (tertiary/aromatic N) is 2. The highest BCUT2D eigenvalue weighted by Crippen LogP contribution is 2.26. The third kappa shape index (κ3) is 3.38. The van der Waals surface area contributed by atoms with Gasteiger partial charge in [-0.05, 0) is 24.7 Å². The van der Waals surface area contributed by atoms with Gasteiger partial charge in [-0.25, -0.2) is 9.37 Å². The van der Waals surface area contributed by atoms with Crippen molar-refractivity contribution in [2.45, 2.75) is 12.6 Å². The maximum absolute atomic E-state index is 13.8. The summed E-state index contributed by atoms with van der Waals surface area (Å²) in [5, 5.41) is 9.42. The molecule has 1 heterocycles. The van der Waals surface area contributed by atoms with Crippen LogP contribution in [0.1, 0.15) is 17.4 Å². The summed E-state index contributed by atoms with van der Waals surface area (Å²) < 4.78 is 18.6. The van der Waals surface area contributed by atoms with Gasteiger partial charge in [0.15, 0.2) is 11.6 Å². The predicted molar refractivity (Wildman–Crippen MR) is 73.4 cm³/mol. The Labute approximate surface area is 121 Å². The summed E-state index contributed by atoms with van der Waals surface area (Å²) in [5.41, 5.74) is 0.342. The number of rotatable bonds is 6. The lowest BCUT2D eigenvalue weighted by molar-refractivity contribution is -0.143. The zero-order valence-corrected chi connectivity index (χ0v) is 11.7. The number of aromatic amines is 1. The number of hydrogen-bond donors (Lipinski definition) is 2. The Bertz CT molecular complexity index is 616. The van der Waals surface area contributed by atoms with Crippen LogP contribution < -0.4 is 4.74 Å². The van der Waals surface area contributed by atoms with Crippen molar-refractivity contribution in [2.75, 3.05) is 14.2 Å². The van der Waals surface area contributed by atoms with Crippen LogP contribution in [-0.2, 0) is 11.3 Å². The second-order valence-corrected chi connectivity index (χ2v) is 4.59. The second kappa shape index (κ2) is 6.36. The Balaban J connectivity index is 2.26. The Morgan fingerprint density at radius 1 is 1.57 bits per heavy atom. The summed E-state index contributed by atoms with van der Waals surface area (Å²) in [6.45, 7) is 0.303. The molecule has 6 nitrogen and oxygen atoms in total. The minimum absolute atomic E-state index is 0.0802. The number of carboxylic acid groups (broad SMARTS) is 1. The number of H-pyrrole nitrogens is 1. The SMILES string of the molecule is COc1ccc([C@H](C(=O)O)N(C)Cc2ncc[nH]2)cc1F. The van der Waals surface area contributed by atoms with Gasteiger partial charge in [-0.3, -0.25) is 9.69 Å². The number of methoxy groups -OCH3 is 1. The lowest BCUT2D eigenvalue weighted by atomic mass is 10.1. The number of ether oxygens (including phenoxy) is 1. The van der Waals surface area contributed by atoms with Gasteiger partial charge in [-0.2, -0.15) is 0 Å².